The summed E-state index contributed by atoms with van der Waals surface area (Å²) in [7, 11) is 0. The Balaban J connectivity index is 0.000000155. The molecule has 10 fully saturated rings. The number of furan rings is 2. The summed E-state index contributed by atoms with van der Waals surface area (Å²) in [6, 6.07) is 37.1. The monoisotopic (exact) mass is 1600 g/mol. The summed E-state index contributed by atoms with van der Waals surface area (Å²) in [4.78, 5) is 16.9. The molecule has 2 aromatic carbocycles. The molecule has 0 amide bonds. The third kappa shape index (κ3) is 25.1. The first-order valence-electron chi connectivity index (χ1n) is 39.1. The Kier molecular flexibility index (Phi) is 36.6. The lowest BCUT2D eigenvalue weighted by molar-refractivity contribution is -0.0906. The maximum absolute atomic E-state index is 9.22. The molecular formula is C84H100N10O22. The lowest BCUT2D eigenvalue weighted by atomic mass is 10.1. The van der Waals surface area contributed by atoms with Crippen LogP contribution in [-0.4, -0.2) is 259 Å². The Morgan fingerprint density at radius 2 is 0.724 bits per heavy atom. The van der Waals surface area contributed by atoms with E-state index < -0.39 is 12.2 Å². The highest BCUT2D eigenvalue weighted by Crippen LogP contribution is 2.40. The first kappa shape index (κ1) is 89.4. The zero-order valence-electron chi connectivity index (χ0n) is 65.4. The lowest BCUT2D eigenvalue weighted by Crippen LogP contribution is -2.36. The fourth-order valence-electron chi connectivity index (χ4n) is 14.8. The predicted octanol–water partition coefficient (Wildman–Crippen LogP) is 9.50. The van der Waals surface area contributed by atoms with Crippen molar-refractivity contribution in [2.45, 2.75) is 218 Å². The van der Waals surface area contributed by atoms with Crippen molar-refractivity contribution in [2.75, 3.05) is 119 Å². The molecule has 0 aliphatic carbocycles. The van der Waals surface area contributed by atoms with E-state index in [4.69, 9.17) is 157 Å². The lowest BCUT2D eigenvalue weighted by Gasteiger charge is -2.23. The van der Waals surface area contributed by atoms with E-state index in [2.05, 4.69) is 48.5 Å². The molecule has 12 heterocycles. The Hall–Kier alpha value is -8.90. The molecule has 2 aromatic heterocycles. The quantitative estimate of drug-likeness (QED) is 0.0310. The van der Waals surface area contributed by atoms with Crippen LogP contribution in [0.25, 0.3) is 24.2 Å². The van der Waals surface area contributed by atoms with E-state index in [1.807, 2.05) is 94.4 Å². The van der Waals surface area contributed by atoms with Crippen molar-refractivity contribution in [2.24, 2.45) is 5.92 Å². The van der Waals surface area contributed by atoms with Gasteiger partial charge < -0.3 is 128 Å². The molecule has 618 valence electrons. The molecular weight excluding hydrogens is 1500 g/mol. The van der Waals surface area contributed by atoms with Crippen LogP contribution in [0.3, 0.4) is 0 Å². The summed E-state index contributed by atoms with van der Waals surface area (Å²) in [6.07, 6.45) is -1.38. The normalized spacial score (nSPS) is 31.2. The second-order valence-electron chi connectivity index (χ2n) is 28.9. The maximum Gasteiger partial charge on any atom is 0.247 e. The minimum Gasteiger partial charge on any atom is -0.467 e. The van der Waals surface area contributed by atoms with E-state index in [0.29, 0.717) is 130 Å². The van der Waals surface area contributed by atoms with Gasteiger partial charge in [-0.05, 0) is 56.2 Å². The molecule has 10 saturated heterocycles. The molecule has 0 N–H and O–H groups in total. The molecule has 10 aliphatic rings. The molecule has 18 unspecified atom stereocenters. The van der Waals surface area contributed by atoms with E-state index in [1.165, 1.54) is 0 Å². The Morgan fingerprint density at radius 1 is 0.362 bits per heavy atom. The van der Waals surface area contributed by atoms with Crippen LogP contribution in [0.2, 0.25) is 0 Å². The minimum absolute atomic E-state index is 0.109. The highest BCUT2D eigenvalue weighted by atomic mass is 16.7. The molecule has 32 nitrogen and oxygen atoms in total. The first-order valence-corrected chi connectivity index (χ1v) is 39.1. The fourth-order valence-corrected chi connectivity index (χ4v) is 14.8. The van der Waals surface area contributed by atoms with Crippen molar-refractivity contribution < 1.29 is 104 Å². The Morgan fingerprint density at radius 3 is 1.14 bits per heavy atom. The fraction of sp³-hybridized carbons (Fsp3) is 0.643. The van der Waals surface area contributed by atoms with Crippen LogP contribution in [0, 0.1) is 95.4 Å². The molecule has 0 bridgehead atoms. The minimum atomic E-state index is -0.478. The van der Waals surface area contributed by atoms with Crippen LogP contribution in [0.4, 0.5) is 0 Å². The summed E-state index contributed by atoms with van der Waals surface area (Å²) >= 11 is 0. The number of ether oxygens (including phenoxy) is 20. The van der Waals surface area contributed by atoms with Gasteiger partial charge in [-0.25, -0.2) is 32.9 Å². The van der Waals surface area contributed by atoms with Crippen molar-refractivity contribution >= 4 is 0 Å². The van der Waals surface area contributed by atoms with Gasteiger partial charge in [0.15, 0.2) is 12.2 Å². The molecule has 28 atom stereocenters. The molecule has 0 spiro atoms. The largest absolute Gasteiger partial charge is 0.467 e. The van der Waals surface area contributed by atoms with Crippen LogP contribution < -0.4 is 0 Å². The van der Waals surface area contributed by atoms with E-state index in [1.54, 1.807) is 36.8 Å². The molecule has 0 radical (unpaired) electrons. The Labute approximate surface area is 677 Å². The first-order chi connectivity index (χ1) is 56.8. The average Bonchev–Trinajstić information content (AvgIpc) is 1.62. The summed E-state index contributed by atoms with van der Waals surface area (Å²) in [5.41, 5.74) is 1.94. The van der Waals surface area contributed by atoms with Crippen LogP contribution in [0.5, 0.6) is 0 Å². The van der Waals surface area contributed by atoms with Gasteiger partial charge in [0.25, 0.3) is 0 Å². The van der Waals surface area contributed by atoms with Gasteiger partial charge in [-0.3, -0.25) is 0 Å². The predicted molar refractivity (Wildman–Crippen MR) is 403 cm³/mol. The molecule has 4 aromatic rings. The van der Waals surface area contributed by atoms with Gasteiger partial charge in [-0.15, -0.1) is 0 Å². The number of nitrogens with zero attached hydrogens (tertiary/aromatic N) is 10. The number of hydrogen-bond donors (Lipinski definition) is 0. The standard InChI is InChI=1S/C24H24N2O4.C20H20N2O6.2C14H20N2O4.C12H16N2O4/c1-26-14-20(18-10-6-3-7-11-18)30-22-16-28-23-21(15-27-24(22)23)29-19(12-13-25)17-8-4-2-5-9-17;1-22-10-16(14-5-3-9-24-14)28-18-12-26-19-17(11-25-20(18)19)27-15(6-7-21)13-4-2-8-23-13;1-9(4-15)5-17-11-7-19-14-12(8-20-13(11)14)18-6-10(2)16-3;1-9(4-5-15)19-11-7-17-14-12(8-18-13(11)14)20-10(2)6-16-3;1-14-4-6-16-10-8-18-11-9(7-17-12(10)11)15-5-2-3-13/h2-11,19-24H,12,14-16H2;2-5,8-9,15-20H,6,10-12H2;9-14H,5-8H2,1-2H3;9-14H,4,6-8H2,1-2H3;9-12H,2,4-8H2/t19?,20?,21-,22-,23?,24?;15?,16?,17-,18-,19?,20?;2*9?,10?,11-,12-,13?,14?;9-,10-,11?,12?/m00000/s1. The van der Waals surface area contributed by atoms with E-state index in [-0.39, 0.29) is 184 Å². The number of fused-ring (bicyclic) bond motifs is 5. The summed E-state index contributed by atoms with van der Waals surface area (Å²) in [5.74, 6) is 1.07. The third-order valence-corrected chi connectivity index (χ3v) is 20.5. The van der Waals surface area contributed by atoms with Gasteiger partial charge in [0.2, 0.25) is 32.2 Å². The van der Waals surface area contributed by atoms with Gasteiger partial charge in [0, 0.05) is 6.92 Å². The third-order valence-electron chi connectivity index (χ3n) is 20.5. The second kappa shape index (κ2) is 47.5. The summed E-state index contributed by atoms with van der Waals surface area (Å²) < 4.78 is 127. The van der Waals surface area contributed by atoms with E-state index in [0.717, 1.165) is 11.1 Å². The molecule has 32 heteroatoms. The van der Waals surface area contributed by atoms with Crippen molar-refractivity contribution in [3.63, 3.8) is 0 Å². The highest BCUT2D eigenvalue weighted by Gasteiger charge is 2.55. The van der Waals surface area contributed by atoms with Crippen LogP contribution in [-0.2, 0) is 94.7 Å². The van der Waals surface area contributed by atoms with E-state index >= 15 is 0 Å². The summed E-state index contributed by atoms with van der Waals surface area (Å²) in [6.45, 7) is 49.2. The number of benzene rings is 2. The van der Waals surface area contributed by atoms with Gasteiger partial charge in [0.1, 0.15) is 159 Å². The highest BCUT2D eigenvalue weighted by molar-refractivity contribution is 5.21. The van der Waals surface area contributed by atoms with Crippen LogP contribution in [0.1, 0.15) is 100 Å². The van der Waals surface area contributed by atoms with Gasteiger partial charge in [0.05, 0.1) is 166 Å². The zero-order valence-corrected chi connectivity index (χ0v) is 65.4. The smallest absolute Gasteiger partial charge is 0.247 e. The number of rotatable bonds is 34. The number of nitriles is 5. The van der Waals surface area contributed by atoms with Crippen LogP contribution >= 0.6 is 0 Å². The van der Waals surface area contributed by atoms with Gasteiger partial charge in [-0.1, -0.05) is 60.7 Å². The van der Waals surface area contributed by atoms with Crippen LogP contribution in [0.15, 0.2) is 106 Å². The van der Waals surface area contributed by atoms with Crippen molar-refractivity contribution in [3.05, 3.63) is 177 Å². The van der Waals surface area contributed by atoms with Gasteiger partial charge >= 0.3 is 0 Å². The van der Waals surface area contributed by atoms with Crippen molar-refractivity contribution in [3.8, 4) is 30.3 Å². The molecule has 116 heavy (non-hydrogen) atoms. The maximum atomic E-state index is 9.22. The SMILES string of the molecule is [C-]#[N+]C(C)CO[C@H]1COC2C1OC[C@@H]2OCC(C)C#N.[C-]#[N+]CC(C)O[C@H]1COC2C1OC[C@@H]2OC(C)CC#N.[C-]#[N+]CC(O[C@H]1COC2C1OC[C@@H]2OC(CC#N)c1ccccc1)c1ccccc1.[C-]#[N+]CC(O[C@H]1COC2C1OC[C@@H]2OC(CC#N)c1ccco1)c1ccco1.[C-]#[N+]CCO[C@H]1COC2C1OC[C@@H]2OCCC#N. The Bertz CT molecular complexity index is 3760. The second-order valence-corrected chi connectivity index (χ2v) is 28.9. The summed E-state index contributed by atoms with van der Waals surface area (Å²) in [5, 5.41) is 44.2. The van der Waals surface area contributed by atoms with Crippen molar-refractivity contribution in [1.29, 1.82) is 26.3 Å². The number of hydrogen-bond acceptors (Lipinski definition) is 27. The zero-order chi connectivity index (χ0) is 82.0. The van der Waals surface area contributed by atoms with Gasteiger partial charge in [-0.2, -0.15) is 26.3 Å². The molecule has 10 aliphatic heterocycles. The van der Waals surface area contributed by atoms with Crippen molar-refractivity contribution in [1.82, 2.24) is 0 Å². The average molecular weight is 1600 g/mol. The molecule has 0 saturated carbocycles. The topological polar surface area (TPSA) is 352 Å². The molecule has 14 rings (SSSR count). The van der Waals surface area contributed by atoms with E-state index in [9.17, 15) is 5.26 Å².